The molecule has 0 bridgehead atoms. The number of ether oxygens (including phenoxy) is 1. The SMILES string of the molecule is COC(=O)c1ccc(F)c(NCC2CCC2)c1. The Labute approximate surface area is 100.0 Å². The first-order valence-electron chi connectivity index (χ1n) is 5.82. The minimum Gasteiger partial charge on any atom is -0.465 e. The number of rotatable bonds is 4. The van der Waals surface area contributed by atoms with Gasteiger partial charge in [-0.2, -0.15) is 0 Å². The average Bonchev–Trinajstić information content (AvgIpc) is 2.28. The van der Waals surface area contributed by atoms with E-state index in [4.69, 9.17) is 0 Å². The number of nitrogens with one attached hydrogen (secondary N) is 1. The molecule has 1 aromatic rings. The van der Waals surface area contributed by atoms with Crippen LogP contribution >= 0.6 is 0 Å². The van der Waals surface area contributed by atoms with E-state index in [2.05, 4.69) is 10.1 Å². The summed E-state index contributed by atoms with van der Waals surface area (Å²) in [6.07, 6.45) is 3.66. The first-order chi connectivity index (χ1) is 8.20. The summed E-state index contributed by atoms with van der Waals surface area (Å²) in [7, 11) is 1.31. The molecule has 1 aromatic carbocycles. The molecule has 0 aliphatic heterocycles. The fourth-order valence-corrected chi connectivity index (χ4v) is 1.86. The third kappa shape index (κ3) is 2.75. The normalized spacial score (nSPS) is 15.2. The van der Waals surface area contributed by atoms with Crippen molar-refractivity contribution in [3.63, 3.8) is 0 Å². The molecule has 1 aliphatic carbocycles. The quantitative estimate of drug-likeness (QED) is 0.818. The minimum atomic E-state index is -0.448. The van der Waals surface area contributed by atoms with Gasteiger partial charge in [-0.3, -0.25) is 0 Å². The third-order valence-electron chi connectivity index (χ3n) is 3.19. The number of carbonyl (C=O) groups is 1. The predicted molar refractivity (Wildman–Crippen MR) is 63.6 cm³/mol. The summed E-state index contributed by atoms with van der Waals surface area (Å²) < 4.78 is 18.1. The van der Waals surface area contributed by atoms with E-state index in [0.717, 1.165) is 6.54 Å². The number of benzene rings is 1. The summed E-state index contributed by atoms with van der Waals surface area (Å²) in [5.41, 5.74) is 0.741. The van der Waals surface area contributed by atoms with Crippen LogP contribution in [-0.4, -0.2) is 19.6 Å². The Morgan fingerprint density at radius 1 is 1.53 bits per heavy atom. The van der Waals surface area contributed by atoms with Crippen molar-refractivity contribution in [2.24, 2.45) is 5.92 Å². The van der Waals surface area contributed by atoms with Crippen LogP contribution in [-0.2, 0) is 4.74 Å². The van der Waals surface area contributed by atoms with Crippen molar-refractivity contribution >= 4 is 11.7 Å². The monoisotopic (exact) mass is 237 g/mol. The van der Waals surface area contributed by atoms with Crippen LogP contribution in [0, 0.1) is 11.7 Å². The molecule has 0 amide bonds. The lowest BCUT2D eigenvalue weighted by Crippen LogP contribution is -2.21. The zero-order chi connectivity index (χ0) is 12.3. The number of anilines is 1. The van der Waals surface area contributed by atoms with Gasteiger partial charge in [0, 0.05) is 6.54 Å². The molecule has 0 radical (unpaired) electrons. The standard InChI is InChI=1S/C13H16FNO2/c1-17-13(16)10-5-6-11(14)12(7-10)15-8-9-3-2-4-9/h5-7,9,15H,2-4,8H2,1H3. The smallest absolute Gasteiger partial charge is 0.337 e. The fraction of sp³-hybridized carbons (Fsp3) is 0.462. The van der Waals surface area contributed by atoms with Crippen LogP contribution < -0.4 is 5.32 Å². The Balaban J connectivity index is 2.05. The highest BCUT2D eigenvalue weighted by Crippen LogP contribution is 2.27. The van der Waals surface area contributed by atoms with Gasteiger partial charge in [0.1, 0.15) is 5.82 Å². The number of esters is 1. The Morgan fingerprint density at radius 3 is 2.88 bits per heavy atom. The van der Waals surface area contributed by atoms with Gasteiger partial charge in [-0.25, -0.2) is 9.18 Å². The van der Waals surface area contributed by atoms with Gasteiger partial charge < -0.3 is 10.1 Å². The Hall–Kier alpha value is -1.58. The zero-order valence-corrected chi connectivity index (χ0v) is 9.83. The topological polar surface area (TPSA) is 38.3 Å². The van der Waals surface area contributed by atoms with Crippen molar-refractivity contribution in [3.05, 3.63) is 29.6 Å². The molecule has 0 saturated heterocycles. The maximum absolute atomic E-state index is 13.5. The number of hydrogen-bond acceptors (Lipinski definition) is 3. The molecule has 0 atom stereocenters. The molecule has 2 rings (SSSR count). The number of hydrogen-bond donors (Lipinski definition) is 1. The van der Waals surface area contributed by atoms with E-state index >= 15 is 0 Å². The first-order valence-corrected chi connectivity index (χ1v) is 5.82. The van der Waals surface area contributed by atoms with Crippen molar-refractivity contribution in [1.82, 2.24) is 0 Å². The van der Waals surface area contributed by atoms with Crippen LogP contribution in [0.15, 0.2) is 18.2 Å². The number of methoxy groups -OCH3 is 1. The molecule has 17 heavy (non-hydrogen) atoms. The van der Waals surface area contributed by atoms with Crippen LogP contribution in [0.5, 0.6) is 0 Å². The fourth-order valence-electron chi connectivity index (χ4n) is 1.86. The van der Waals surface area contributed by atoms with Gasteiger partial charge >= 0.3 is 5.97 Å². The summed E-state index contributed by atoms with van der Waals surface area (Å²) in [6.45, 7) is 0.765. The molecule has 0 heterocycles. The molecule has 0 unspecified atom stereocenters. The molecular formula is C13H16FNO2. The van der Waals surface area contributed by atoms with E-state index in [1.54, 1.807) is 0 Å². The van der Waals surface area contributed by atoms with Gasteiger partial charge in [-0.05, 0) is 37.0 Å². The van der Waals surface area contributed by atoms with Crippen molar-refractivity contribution < 1.29 is 13.9 Å². The van der Waals surface area contributed by atoms with Gasteiger partial charge in [0.2, 0.25) is 0 Å². The van der Waals surface area contributed by atoms with Crippen LogP contribution in [0.1, 0.15) is 29.6 Å². The van der Waals surface area contributed by atoms with Gasteiger partial charge in [0.05, 0.1) is 18.4 Å². The summed E-state index contributed by atoms with van der Waals surface area (Å²) in [4.78, 5) is 11.3. The number of halogens is 1. The summed E-state index contributed by atoms with van der Waals surface area (Å²) >= 11 is 0. The van der Waals surface area contributed by atoms with Crippen LogP contribution in [0.3, 0.4) is 0 Å². The lowest BCUT2D eigenvalue weighted by atomic mass is 9.85. The highest BCUT2D eigenvalue weighted by molar-refractivity contribution is 5.90. The Kier molecular flexibility index (Phi) is 3.61. The van der Waals surface area contributed by atoms with Gasteiger partial charge in [0.15, 0.2) is 0 Å². The Morgan fingerprint density at radius 2 is 2.29 bits per heavy atom. The van der Waals surface area contributed by atoms with Gasteiger partial charge in [-0.15, -0.1) is 0 Å². The van der Waals surface area contributed by atoms with E-state index in [0.29, 0.717) is 17.2 Å². The van der Waals surface area contributed by atoms with E-state index < -0.39 is 5.97 Å². The van der Waals surface area contributed by atoms with Gasteiger partial charge in [-0.1, -0.05) is 6.42 Å². The molecule has 92 valence electrons. The third-order valence-corrected chi connectivity index (χ3v) is 3.19. The van der Waals surface area contributed by atoms with E-state index in [1.165, 1.54) is 44.6 Å². The van der Waals surface area contributed by atoms with Crippen LogP contribution in [0.25, 0.3) is 0 Å². The lowest BCUT2D eigenvalue weighted by Gasteiger charge is -2.26. The average molecular weight is 237 g/mol. The second kappa shape index (κ2) is 5.17. The lowest BCUT2D eigenvalue weighted by molar-refractivity contribution is 0.0600. The highest BCUT2D eigenvalue weighted by atomic mass is 19.1. The van der Waals surface area contributed by atoms with Crippen molar-refractivity contribution in [2.75, 3.05) is 19.0 Å². The predicted octanol–water partition coefficient (Wildman–Crippen LogP) is 2.82. The van der Waals surface area contributed by atoms with Crippen molar-refractivity contribution in [1.29, 1.82) is 0 Å². The molecule has 0 aromatic heterocycles. The van der Waals surface area contributed by atoms with E-state index in [1.807, 2.05) is 0 Å². The molecule has 0 spiro atoms. The van der Waals surface area contributed by atoms with Crippen LogP contribution in [0.4, 0.5) is 10.1 Å². The van der Waals surface area contributed by atoms with E-state index in [9.17, 15) is 9.18 Å². The van der Waals surface area contributed by atoms with Crippen molar-refractivity contribution in [2.45, 2.75) is 19.3 Å². The zero-order valence-electron chi connectivity index (χ0n) is 9.83. The van der Waals surface area contributed by atoms with E-state index in [-0.39, 0.29) is 5.82 Å². The second-order valence-corrected chi connectivity index (χ2v) is 4.36. The second-order valence-electron chi connectivity index (χ2n) is 4.36. The molecule has 3 nitrogen and oxygen atoms in total. The summed E-state index contributed by atoms with van der Waals surface area (Å²) in [5.74, 6) is -0.148. The molecule has 1 saturated carbocycles. The van der Waals surface area contributed by atoms with Gasteiger partial charge in [0.25, 0.3) is 0 Å². The maximum Gasteiger partial charge on any atom is 0.337 e. The largest absolute Gasteiger partial charge is 0.465 e. The summed E-state index contributed by atoms with van der Waals surface area (Å²) in [5, 5.41) is 3.05. The van der Waals surface area contributed by atoms with Crippen molar-refractivity contribution in [3.8, 4) is 0 Å². The maximum atomic E-state index is 13.5. The minimum absolute atomic E-state index is 0.336. The Bertz CT molecular complexity index is 416. The molecule has 1 aliphatic rings. The molecule has 4 heteroatoms. The first kappa shape index (κ1) is 11.9. The summed E-state index contributed by atoms with van der Waals surface area (Å²) in [6, 6.07) is 4.21. The highest BCUT2D eigenvalue weighted by Gasteiger charge is 2.17. The molecule has 1 fully saturated rings. The van der Waals surface area contributed by atoms with Crippen LogP contribution in [0.2, 0.25) is 0 Å². The molecular weight excluding hydrogens is 221 g/mol. The number of carbonyl (C=O) groups excluding carboxylic acids is 1. The molecule has 1 N–H and O–H groups in total.